The predicted octanol–water partition coefficient (Wildman–Crippen LogP) is 0.260. The molecule has 0 amide bonds. The Balaban J connectivity index is 2.82. The third kappa shape index (κ3) is 2.48. The summed E-state index contributed by atoms with van der Waals surface area (Å²) in [6.07, 6.45) is 2.93. The van der Waals surface area contributed by atoms with Crippen molar-refractivity contribution in [3.05, 3.63) is 23.8 Å². The molecule has 0 bridgehead atoms. The van der Waals surface area contributed by atoms with Crippen molar-refractivity contribution in [3.8, 4) is 0 Å². The fraction of sp³-hybridized carbons (Fsp3) is 0.375. The van der Waals surface area contributed by atoms with Gasteiger partial charge in [0.2, 0.25) is 0 Å². The second kappa shape index (κ2) is 3.95. The molecular weight excluding hydrogens is 170 g/mol. The van der Waals surface area contributed by atoms with E-state index in [0.29, 0.717) is 11.4 Å². The molecule has 1 unspecified atom stereocenters. The van der Waals surface area contributed by atoms with Crippen LogP contribution in [0.3, 0.4) is 0 Å². The Labute approximate surface area is 75.6 Å². The van der Waals surface area contributed by atoms with E-state index in [2.05, 4.69) is 9.97 Å². The molecule has 0 aliphatic carbocycles. The third-order valence-corrected chi connectivity index (χ3v) is 1.66. The molecule has 1 heterocycles. The molecule has 0 spiro atoms. The Kier molecular flexibility index (Phi) is 2.92. The van der Waals surface area contributed by atoms with Gasteiger partial charge >= 0.3 is 5.97 Å². The van der Waals surface area contributed by atoms with Crippen molar-refractivity contribution in [2.75, 3.05) is 0 Å². The number of aliphatic carboxylic acids is 1. The molecule has 0 radical (unpaired) electrons. The summed E-state index contributed by atoms with van der Waals surface area (Å²) < 4.78 is 0. The average molecular weight is 181 g/mol. The molecule has 0 aliphatic rings. The van der Waals surface area contributed by atoms with Gasteiger partial charge in [-0.2, -0.15) is 0 Å². The third-order valence-electron chi connectivity index (χ3n) is 1.66. The number of nitrogens with zero attached hydrogens (tertiary/aromatic N) is 2. The molecule has 1 aromatic rings. The first kappa shape index (κ1) is 9.60. The minimum atomic E-state index is -0.933. The van der Waals surface area contributed by atoms with E-state index in [-0.39, 0.29) is 6.42 Å². The van der Waals surface area contributed by atoms with Crippen LogP contribution in [0.25, 0.3) is 0 Å². The van der Waals surface area contributed by atoms with Crippen LogP contribution < -0.4 is 5.73 Å². The molecule has 0 saturated heterocycles. The zero-order chi connectivity index (χ0) is 9.84. The van der Waals surface area contributed by atoms with E-state index in [0.717, 1.165) is 0 Å². The molecule has 0 aliphatic heterocycles. The van der Waals surface area contributed by atoms with Crippen LogP contribution in [-0.4, -0.2) is 21.0 Å². The van der Waals surface area contributed by atoms with Crippen molar-refractivity contribution in [3.63, 3.8) is 0 Å². The zero-order valence-corrected chi connectivity index (χ0v) is 7.27. The van der Waals surface area contributed by atoms with Crippen molar-refractivity contribution in [1.29, 1.82) is 0 Å². The molecular formula is C8H11N3O2. The first-order valence-corrected chi connectivity index (χ1v) is 3.86. The second-order valence-electron chi connectivity index (χ2n) is 2.73. The number of carbonyl (C=O) groups is 1. The Morgan fingerprint density at radius 1 is 1.62 bits per heavy atom. The number of rotatable bonds is 3. The summed E-state index contributed by atoms with van der Waals surface area (Å²) in [5.41, 5.74) is 6.84. The van der Waals surface area contributed by atoms with Gasteiger partial charge in [0.25, 0.3) is 0 Å². The molecule has 0 aromatic carbocycles. The summed E-state index contributed by atoms with van der Waals surface area (Å²) in [4.78, 5) is 18.3. The molecule has 1 aromatic heterocycles. The van der Waals surface area contributed by atoms with Gasteiger partial charge in [0, 0.05) is 12.4 Å². The van der Waals surface area contributed by atoms with E-state index >= 15 is 0 Å². The molecule has 5 nitrogen and oxygen atoms in total. The van der Waals surface area contributed by atoms with E-state index in [4.69, 9.17) is 10.8 Å². The number of hydrogen-bond acceptors (Lipinski definition) is 4. The minimum absolute atomic E-state index is 0.125. The maximum atomic E-state index is 10.4. The van der Waals surface area contributed by atoms with Gasteiger partial charge < -0.3 is 10.8 Å². The molecule has 13 heavy (non-hydrogen) atoms. The van der Waals surface area contributed by atoms with Crippen LogP contribution in [0.1, 0.15) is 23.9 Å². The number of aromatic nitrogens is 2. The summed E-state index contributed by atoms with van der Waals surface area (Å²) >= 11 is 0. The lowest BCUT2D eigenvalue weighted by Gasteiger charge is -2.09. The fourth-order valence-electron chi connectivity index (χ4n) is 1.07. The van der Waals surface area contributed by atoms with Crippen molar-refractivity contribution in [2.45, 2.75) is 19.4 Å². The molecule has 3 N–H and O–H groups in total. The van der Waals surface area contributed by atoms with Gasteiger partial charge in [-0.25, -0.2) is 0 Å². The van der Waals surface area contributed by atoms with Crippen LogP contribution in [0.4, 0.5) is 0 Å². The maximum absolute atomic E-state index is 10.4. The molecule has 1 atom stereocenters. The minimum Gasteiger partial charge on any atom is -0.481 e. The standard InChI is InChI=1S/C8H11N3O2/c1-5-8(11-3-2-10-5)6(9)4-7(12)13/h2-3,6H,4,9H2,1H3,(H,12,13). The SMILES string of the molecule is Cc1nccnc1C(N)CC(=O)O. The first-order valence-electron chi connectivity index (χ1n) is 3.86. The van der Waals surface area contributed by atoms with E-state index in [1.54, 1.807) is 13.1 Å². The molecule has 70 valence electrons. The molecule has 0 saturated carbocycles. The number of carboxylic acid groups (broad SMARTS) is 1. The van der Waals surface area contributed by atoms with Gasteiger partial charge in [0.15, 0.2) is 0 Å². The van der Waals surface area contributed by atoms with Gasteiger partial charge in [0.05, 0.1) is 23.9 Å². The Morgan fingerprint density at radius 3 is 2.77 bits per heavy atom. The highest BCUT2D eigenvalue weighted by Crippen LogP contribution is 2.12. The summed E-state index contributed by atoms with van der Waals surface area (Å²) in [5, 5.41) is 8.51. The Morgan fingerprint density at radius 2 is 2.23 bits per heavy atom. The quantitative estimate of drug-likeness (QED) is 0.698. The lowest BCUT2D eigenvalue weighted by atomic mass is 10.1. The van der Waals surface area contributed by atoms with Crippen LogP contribution in [0.2, 0.25) is 0 Å². The highest BCUT2D eigenvalue weighted by Gasteiger charge is 2.14. The van der Waals surface area contributed by atoms with Crippen LogP contribution in [0.15, 0.2) is 12.4 Å². The van der Waals surface area contributed by atoms with Crippen LogP contribution in [-0.2, 0) is 4.79 Å². The average Bonchev–Trinajstić information content (AvgIpc) is 2.03. The molecule has 5 heteroatoms. The monoisotopic (exact) mass is 181 g/mol. The topological polar surface area (TPSA) is 89.1 Å². The van der Waals surface area contributed by atoms with Gasteiger partial charge in [-0.05, 0) is 6.92 Å². The van der Waals surface area contributed by atoms with Gasteiger partial charge in [0.1, 0.15) is 0 Å². The first-order chi connectivity index (χ1) is 6.11. The highest BCUT2D eigenvalue weighted by atomic mass is 16.4. The lowest BCUT2D eigenvalue weighted by Crippen LogP contribution is -2.17. The lowest BCUT2D eigenvalue weighted by molar-refractivity contribution is -0.137. The Hall–Kier alpha value is -1.49. The maximum Gasteiger partial charge on any atom is 0.305 e. The van der Waals surface area contributed by atoms with Gasteiger partial charge in [-0.1, -0.05) is 0 Å². The van der Waals surface area contributed by atoms with Crippen LogP contribution >= 0.6 is 0 Å². The van der Waals surface area contributed by atoms with Gasteiger partial charge in [-0.3, -0.25) is 14.8 Å². The van der Waals surface area contributed by atoms with E-state index in [1.165, 1.54) is 6.20 Å². The van der Waals surface area contributed by atoms with E-state index in [9.17, 15) is 4.79 Å². The van der Waals surface area contributed by atoms with E-state index in [1.807, 2.05) is 0 Å². The van der Waals surface area contributed by atoms with Crippen molar-refractivity contribution in [1.82, 2.24) is 9.97 Å². The molecule has 1 rings (SSSR count). The number of carboxylic acids is 1. The smallest absolute Gasteiger partial charge is 0.305 e. The summed E-state index contributed by atoms with van der Waals surface area (Å²) in [7, 11) is 0. The predicted molar refractivity (Wildman–Crippen MR) is 46.0 cm³/mol. The van der Waals surface area contributed by atoms with Crippen molar-refractivity contribution < 1.29 is 9.90 Å². The van der Waals surface area contributed by atoms with Crippen molar-refractivity contribution in [2.24, 2.45) is 5.73 Å². The highest BCUT2D eigenvalue weighted by molar-refractivity contribution is 5.67. The Bertz CT molecular complexity index is 314. The largest absolute Gasteiger partial charge is 0.481 e. The summed E-state index contributed by atoms with van der Waals surface area (Å²) in [6.45, 7) is 1.75. The number of nitrogens with two attached hydrogens (primary N) is 1. The fourth-order valence-corrected chi connectivity index (χ4v) is 1.07. The van der Waals surface area contributed by atoms with Crippen molar-refractivity contribution >= 4 is 5.97 Å². The van der Waals surface area contributed by atoms with Crippen LogP contribution in [0.5, 0.6) is 0 Å². The summed E-state index contributed by atoms with van der Waals surface area (Å²) in [6, 6.07) is -0.578. The zero-order valence-electron chi connectivity index (χ0n) is 7.27. The number of aryl methyl sites for hydroxylation is 1. The number of hydrogen-bond donors (Lipinski definition) is 2. The van der Waals surface area contributed by atoms with Crippen LogP contribution in [0, 0.1) is 6.92 Å². The second-order valence-corrected chi connectivity index (χ2v) is 2.73. The summed E-state index contributed by atoms with van der Waals surface area (Å²) in [5.74, 6) is -0.933. The normalized spacial score (nSPS) is 12.5. The van der Waals surface area contributed by atoms with Gasteiger partial charge in [-0.15, -0.1) is 0 Å². The van der Waals surface area contributed by atoms with E-state index < -0.39 is 12.0 Å². The molecule has 0 fully saturated rings.